The molecule has 0 aromatic rings. The fourth-order valence-electron chi connectivity index (χ4n) is 1.67. The van der Waals surface area contributed by atoms with Crippen LogP contribution in [0.1, 0.15) is 26.7 Å². The van der Waals surface area contributed by atoms with Crippen LogP contribution in [0.3, 0.4) is 0 Å². The van der Waals surface area contributed by atoms with Crippen molar-refractivity contribution in [1.82, 2.24) is 0 Å². The Morgan fingerprint density at radius 1 is 1.44 bits per heavy atom. The number of allylic oxidation sites excluding steroid dienone is 3. The van der Waals surface area contributed by atoms with Gasteiger partial charge in [0.1, 0.15) is 5.76 Å². The molecule has 0 saturated carbocycles. The summed E-state index contributed by atoms with van der Waals surface area (Å²) in [6.45, 7) is 4.23. The maximum Gasteiger partial charge on any atom is 0.162 e. The summed E-state index contributed by atoms with van der Waals surface area (Å²) in [4.78, 5) is 0. The molecule has 1 unspecified atom stereocenters. The molecule has 0 aromatic carbocycles. The normalized spacial score (nSPS) is 26.4. The van der Waals surface area contributed by atoms with E-state index < -0.39 is 6.10 Å². The van der Waals surface area contributed by atoms with Crippen LogP contribution in [0.25, 0.3) is 0 Å². The van der Waals surface area contributed by atoms with Crippen LogP contribution in [0.4, 0.5) is 0 Å². The average molecular weight is 224 g/mol. The lowest BCUT2D eigenvalue weighted by Gasteiger charge is -2.19. The molecule has 0 radical (unpaired) electrons. The van der Waals surface area contributed by atoms with Gasteiger partial charge in [-0.05, 0) is 20.3 Å². The van der Waals surface area contributed by atoms with Crippen molar-refractivity contribution in [3.8, 4) is 0 Å². The van der Waals surface area contributed by atoms with Gasteiger partial charge in [-0.2, -0.15) is 0 Å². The lowest BCUT2D eigenvalue weighted by atomic mass is 10.0. The Kier molecular flexibility index (Phi) is 5.12. The fraction of sp³-hybridized carbons (Fsp3) is 0.538. The molecule has 1 N–H and O–H groups in total. The minimum absolute atomic E-state index is 0.543. The molecule has 0 aliphatic heterocycles. The highest BCUT2D eigenvalue weighted by molar-refractivity contribution is 5.34. The summed E-state index contributed by atoms with van der Waals surface area (Å²) in [5.74, 6) is 1.45. The molecule has 90 valence electrons. The molecule has 0 saturated heterocycles. The molecule has 16 heavy (non-hydrogen) atoms. The molecule has 1 atom stereocenters. The van der Waals surface area contributed by atoms with Crippen molar-refractivity contribution in [2.45, 2.75) is 32.8 Å². The third-order valence-electron chi connectivity index (χ3n) is 2.44. The zero-order valence-electron chi connectivity index (χ0n) is 10.2. The van der Waals surface area contributed by atoms with Crippen LogP contribution in [0.2, 0.25) is 0 Å². The first-order valence-corrected chi connectivity index (χ1v) is 5.64. The monoisotopic (exact) mass is 224 g/mol. The van der Waals surface area contributed by atoms with Crippen LogP contribution >= 0.6 is 0 Å². The Morgan fingerprint density at radius 2 is 2.19 bits per heavy atom. The lowest BCUT2D eigenvalue weighted by molar-refractivity contribution is 0.166. The third kappa shape index (κ3) is 3.14. The Balaban J connectivity index is 3.12. The number of aliphatic hydroxyl groups is 1. The second kappa shape index (κ2) is 6.38. The number of hydrogen-bond donors (Lipinski definition) is 1. The molecule has 0 heterocycles. The minimum atomic E-state index is -0.543. The Hall–Kier alpha value is -1.22. The van der Waals surface area contributed by atoms with E-state index in [4.69, 9.17) is 9.47 Å². The quantitative estimate of drug-likeness (QED) is 0.746. The molecule has 3 heteroatoms. The second-order valence-electron chi connectivity index (χ2n) is 3.64. The number of hydrogen-bond acceptors (Lipinski definition) is 3. The molecule has 1 rings (SSSR count). The zero-order chi connectivity index (χ0) is 12.0. The van der Waals surface area contributed by atoms with Crippen molar-refractivity contribution < 1.29 is 14.6 Å². The van der Waals surface area contributed by atoms with Gasteiger partial charge in [-0.1, -0.05) is 18.2 Å². The van der Waals surface area contributed by atoms with Gasteiger partial charge in [-0.15, -0.1) is 0 Å². The van der Waals surface area contributed by atoms with Gasteiger partial charge >= 0.3 is 0 Å². The molecule has 3 nitrogen and oxygen atoms in total. The number of ether oxygens (including phenoxy) is 2. The average Bonchev–Trinajstić information content (AvgIpc) is 2.22. The van der Waals surface area contributed by atoms with Gasteiger partial charge in [0, 0.05) is 12.0 Å². The van der Waals surface area contributed by atoms with Crippen molar-refractivity contribution in [3.63, 3.8) is 0 Å². The number of aliphatic hydroxyl groups excluding tert-OH is 1. The van der Waals surface area contributed by atoms with Gasteiger partial charge < -0.3 is 14.6 Å². The van der Waals surface area contributed by atoms with E-state index >= 15 is 0 Å². The van der Waals surface area contributed by atoms with Gasteiger partial charge in [0.05, 0.1) is 19.8 Å². The van der Waals surface area contributed by atoms with Crippen LogP contribution in [0, 0.1) is 0 Å². The van der Waals surface area contributed by atoms with Crippen molar-refractivity contribution in [3.05, 3.63) is 35.3 Å². The fourth-order valence-corrected chi connectivity index (χ4v) is 1.67. The Labute approximate surface area is 97.1 Å². The highest BCUT2D eigenvalue weighted by Gasteiger charge is 2.18. The summed E-state index contributed by atoms with van der Waals surface area (Å²) in [6.07, 6.45) is 7.06. The van der Waals surface area contributed by atoms with Gasteiger partial charge in [0.15, 0.2) is 5.76 Å². The highest BCUT2D eigenvalue weighted by atomic mass is 16.5. The number of rotatable bonds is 4. The topological polar surface area (TPSA) is 38.7 Å². The van der Waals surface area contributed by atoms with Gasteiger partial charge in [0.2, 0.25) is 0 Å². The predicted octanol–water partition coefficient (Wildman–Crippen LogP) is 2.54. The van der Waals surface area contributed by atoms with E-state index in [-0.39, 0.29) is 0 Å². The first-order chi connectivity index (χ1) is 7.70. The minimum Gasteiger partial charge on any atom is -0.497 e. The van der Waals surface area contributed by atoms with Crippen LogP contribution in [0.5, 0.6) is 0 Å². The summed E-state index contributed by atoms with van der Waals surface area (Å²) >= 11 is 0. The highest BCUT2D eigenvalue weighted by Crippen LogP contribution is 2.25. The largest absolute Gasteiger partial charge is 0.497 e. The molecular weight excluding hydrogens is 204 g/mol. The first-order valence-electron chi connectivity index (χ1n) is 5.64. The molecule has 0 fully saturated rings. The standard InChI is InChI=1S/C13H20O3/c1-4-16-13-11(10(2)14)8-6-5-7-9-12(13)15-3/h5,7-8,10,14H,4,6,9H2,1-3H3/b7-5?,11-8-,13-12-. The summed E-state index contributed by atoms with van der Waals surface area (Å²) in [6, 6.07) is 0. The Morgan fingerprint density at radius 3 is 2.75 bits per heavy atom. The molecule has 1 aliphatic carbocycles. The zero-order valence-corrected chi connectivity index (χ0v) is 10.2. The first kappa shape index (κ1) is 12.8. The Bertz CT molecular complexity index is 311. The van der Waals surface area contributed by atoms with E-state index in [2.05, 4.69) is 6.08 Å². The van der Waals surface area contributed by atoms with Crippen LogP contribution < -0.4 is 0 Å². The lowest BCUT2D eigenvalue weighted by Crippen LogP contribution is -2.13. The van der Waals surface area contributed by atoms with Crippen molar-refractivity contribution >= 4 is 0 Å². The maximum absolute atomic E-state index is 9.74. The molecule has 0 bridgehead atoms. The SMILES string of the molecule is CCOC1=C(\OC)CC=CC/C=C\1C(C)O. The maximum atomic E-state index is 9.74. The summed E-state index contributed by atoms with van der Waals surface area (Å²) in [5, 5.41) is 9.74. The molecular formula is C13H20O3. The van der Waals surface area contributed by atoms with E-state index in [0.717, 1.165) is 17.8 Å². The summed E-state index contributed by atoms with van der Waals surface area (Å²) < 4.78 is 10.9. The molecule has 1 aliphatic rings. The van der Waals surface area contributed by atoms with Crippen molar-refractivity contribution in [2.75, 3.05) is 13.7 Å². The molecule has 0 spiro atoms. The van der Waals surface area contributed by atoms with E-state index in [0.29, 0.717) is 18.8 Å². The van der Waals surface area contributed by atoms with Crippen LogP contribution in [-0.2, 0) is 9.47 Å². The summed E-state index contributed by atoms with van der Waals surface area (Å²) in [7, 11) is 1.63. The van der Waals surface area contributed by atoms with Gasteiger partial charge in [0.25, 0.3) is 0 Å². The smallest absolute Gasteiger partial charge is 0.162 e. The van der Waals surface area contributed by atoms with E-state index in [1.807, 2.05) is 19.1 Å². The number of methoxy groups -OCH3 is 1. The van der Waals surface area contributed by atoms with Crippen LogP contribution in [0.15, 0.2) is 35.3 Å². The van der Waals surface area contributed by atoms with Gasteiger partial charge in [-0.25, -0.2) is 0 Å². The van der Waals surface area contributed by atoms with Crippen LogP contribution in [-0.4, -0.2) is 24.9 Å². The molecule has 0 aromatic heterocycles. The predicted molar refractivity (Wildman–Crippen MR) is 63.8 cm³/mol. The van der Waals surface area contributed by atoms with E-state index in [1.165, 1.54) is 0 Å². The van der Waals surface area contributed by atoms with Crippen molar-refractivity contribution in [2.24, 2.45) is 0 Å². The van der Waals surface area contributed by atoms with Gasteiger partial charge in [-0.3, -0.25) is 0 Å². The van der Waals surface area contributed by atoms with Crippen molar-refractivity contribution in [1.29, 1.82) is 0 Å². The van der Waals surface area contributed by atoms with E-state index in [9.17, 15) is 5.11 Å². The van der Waals surface area contributed by atoms with E-state index in [1.54, 1.807) is 14.0 Å². The second-order valence-corrected chi connectivity index (χ2v) is 3.64. The molecule has 0 amide bonds. The third-order valence-corrected chi connectivity index (χ3v) is 2.44. The summed E-state index contributed by atoms with van der Waals surface area (Å²) in [5.41, 5.74) is 0.808.